The fraction of sp³-hybridized carbons (Fsp3) is 0.357. The highest BCUT2D eigenvalue weighted by Crippen LogP contribution is 2.47. The highest BCUT2D eigenvalue weighted by molar-refractivity contribution is 9.10. The van der Waals surface area contributed by atoms with Crippen molar-refractivity contribution in [1.82, 2.24) is 5.32 Å². The maximum Gasteiger partial charge on any atom is 0.336 e. The number of allylic oxidation sites excluding steroid dienone is 3. The van der Waals surface area contributed by atoms with E-state index in [2.05, 4.69) is 21.2 Å². The SMILES string of the molecule is CCCOC(=O)C1=C(C)NC2=C(C(=O)C[C@H](c3ccc(OC)c(OC)c3)C2)[C@@H]1c1ccc(F)c(Br)c1. The first-order valence-corrected chi connectivity index (χ1v) is 12.7. The summed E-state index contributed by atoms with van der Waals surface area (Å²) in [7, 11) is 3.16. The summed E-state index contributed by atoms with van der Waals surface area (Å²) < 4.78 is 30.6. The van der Waals surface area contributed by atoms with Crippen molar-refractivity contribution in [2.45, 2.75) is 44.9 Å². The van der Waals surface area contributed by atoms with E-state index in [4.69, 9.17) is 14.2 Å². The molecule has 8 heteroatoms. The van der Waals surface area contributed by atoms with Crippen LogP contribution in [0.2, 0.25) is 0 Å². The number of ketones is 1. The molecule has 190 valence electrons. The second-order valence-corrected chi connectivity index (χ2v) is 9.80. The van der Waals surface area contributed by atoms with Crippen molar-refractivity contribution in [3.8, 4) is 11.5 Å². The topological polar surface area (TPSA) is 73.9 Å². The van der Waals surface area contributed by atoms with Crippen molar-refractivity contribution in [2.75, 3.05) is 20.8 Å². The average molecular weight is 558 g/mol. The van der Waals surface area contributed by atoms with E-state index in [1.54, 1.807) is 26.4 Å². The van der Waals surface area contributed by atoms with Crippen LogP contribution in [-0.2, 0) is 14.3 Å². The van der Waals surface area contributed by atoms with Crippen molar-refractivity contribution in [2.24, 2.45) is 0 Å². The lowest BCUT2D eigenvalue weighted by molar-refractivity contribution is -0.139. The second-order valence-electron chi connectivity index (χ2n) is 8.94. The van der Waals surface area contributed by atoms with Gasteiger partial charge in [0.2, 0.25) is 0 Å². The molecule has 2 aromatic carbocycles. The molecule has 1 aliphatic carbocycles. The van der Waals surface area contributed by atoms with Gasteiger partial charge in [-0.3, -0.25) is 4.79 Å². The monoisotopic (exact) mass is 557 g/mol. The van der Waals surface area contributed by atoms with E-state index in [0.717, 1.165) is 11.3 Å². The van der Waals surface area contributed by atoms with Crippen molar-refractivity contribution in [1.29, 1.82) is 0 Å². The van der Waals surface area contributed by atoms with Crippen LogP contribution in [0, 0.1) is 5.82 Å². The fourth-order valence-electron chi connectivity index (χ4n) is 4.95. The molecule has 0 bridgehead atoms. The summed E-state index contributed by atoms with van der Waals surface area (Å²) in [5.41, 5.74) is 3.91. The van der Waals surface area contributed by atoms with E-state index in [1.165, 1.54) is 6.07 Å². The highest BCUT2D eigenvalue weighted by Gasteiger charge is 2.41. The molecule has 2 aromatic rings. The second kappa shape index (κ2) is 10.9. The van der Waals surface area contributed by atoms with Gasteiger partial charge in [-0.15, -0.1) is 0 Å². The zero-order chi connectivity index (χ0) is 26.0. The number of methoxy groups -OCH3 is 2. The lowest BCUT2D eigenvalue weighted by atomic mass is 9.71. The van der Waals surface area contributed by atoms with Crippen LogP contribution in [0.15, 0.2) is 63.4 Å². The molecule has 0 amide bonds. The highest BCUT2D eigenvalue weighted by atomic mass is 79.9. The summed E-state index contributed by atoms with van der Waals surface area (Å²) in [6.07, 6.45) is 1.52. The van der Waals surface area contributed by atoms with Crippen LogP contribution in [0.3, 0.4) is 0 Å². The van der Waals surface area contributed by atoms with Crippen LogP contribution in [0.1, 0.15) is 56.1 Å². The number of dihydropyridines is 1. The zero-order valence-corrected chi connectivity index (χ0v) is 22.3. The van der Waals surface area contributed by atoms with Crippen molar-refractivity contribution < 1.29 is 28.2 Å². The predicted molar refractivity (Wildman–Crippen MR) is 137 cm³/mol. The number of halogens is 2. The molecule has 4 rings (SSSR count). The van der Waals surface area contributed by atoms with Crippen LogP contribution in [0.25, 0.3) is 0 Å². The number of carbonyl (C=O) groups excluding carboxylic acids is 2. The Morgan fingerprint density at radius 3 is 2.47 bits per heavy atom. The lowest BCUT2D eigenvalue weighted by Crippen LogP contribution is -2.36. The predicted octanol–water partition coefficient (Wildman–Crippen LogP) is 5.92. The Hall–Kier alpha value is -3.13. The largest absolute Gasteiger partial charge is 0.493 e. The maximum absolute atomic E-state index is 14.1. The Kier molecular flexibility index (Phi) is 7.83. The number of carbonyl (C=O) groups is 2. The minimum Gasteiger partial charge on any atom is -0.493 e. The van der Waals surface area contributed by atoms with Gasteiger partial charge in [-0.1, -0.05) is 19.1 Å². The smallest absolute Gasteiger partial charge is 0.336 e. The summed E-state index contributed by atoms with van der Waals surface area (Å²) >= 11 is 3.25. The Labute approximate surface area is 218 Å². The van der Waals surface area contributed by atoms with Gasteiger partial charge in [-0.05, 0) is 77.0 Å². The molecule has 2 atom stereocenters. The Morgan fingerprint density at radius 2 is 1.81 bits per heavy atom. The molecule has 0 saturated heterocycles. The first-order valence-electron chi connectivity index (χ1n) is 11.9. The van der Waals surface area contributed by atoms with Crippen LogP contribution < -0.4 is 14.8 Å². The first kappa shape index (κ1) is 25.9. The number of nitrogens with one attached hydrogen (secondary N) is 1. The van der Waals surface area contributed by atoms with Gasteiger partial charge in [0.05, 0.1) is 30.9 Å². The molecule has 36 heavy (non-hydrogen) atoms. The molecule has 0 saturated carbocycles. The van der Waals surface area contributed by atoms with E-state index in [-0.39, 0.29) is 29.2 Å². The number of hydrogen-bond donors (Lipinski definition) is 1. The first-order chi connectivity index (χ1) is 17.3. The average Bonchev–Trinajstić information content (AvgIpc) is 2.87. The number of ether oxygens (including phenoxy) is 3. The molecule has 2 aliphatic rings. The van der Waals surface area contributed by atoms with Gasteiger partial charge >= 0.3 is 5.97 Å². The number of rotatable bonds is 7. The molecule has 0 spiro atoms. The third-order valence-electron chi connectivity index (χ3n) is 6.64. The summed E-state index contributed by atoms with van der Waals surface area (Å²) in [5.74, 6) is -0.469. The van der Waals surface area contributed by atoms with Crippen LogP contribution in [0.5, 0.6) is 11.5 Å². The molecule has 0 aromatic heterocycles. The standard InChI is InChI=1S/C28H29BrFNO5/c1-5-10-36-28(33)25-15(2)31-21-12-18(16-7-9-23(34-3)24(14-16)35-4)13-22(32)27(21)26(25)17-6-8-20(30)19(29)11-17/h6-9,11,14,18,26,31H,5,10,12-13H2,1-4H3/t18-,26-/m1/s1. The molecule has 0 fully saturated rings. The summed E-state index contributed by atoms with van der Waals surface area (Å²) in [5, 5.41) is 3.33. The number of benzene rings is 2. The van der Waals surface area contributed by atoms with Gasteiger partial charge < -0.3 is 19.5 Å². The maximum atomic E-state index is 14.1. The minimum absolute atomic E-state index is 0.0673. The van der Waals surface area contributed by atoms with Crippen LogP contribution in [0.4, 0.5) is 4.39 Å². The Bertz CT molecular complexity index is 1270. The fourth-order valence-corrected chi connectivity index (χ4v) is 5.35. The molecule has 1 heterocycles. The van der Waals surface area contributed by atoms with E-state index in [0.29, 0.717) is 46.7 Å². The quantitative estimate of drug-likeness (QED) is 0.426. The summed E-state index contributed by atoms with van der Waals surface area (Å²) in [6, 6.07) is 10.3. The number of hydrogen-bond acceptors (Lipinski definition) is 6. The van der Waals surface area contributed by atoms with Gasteiger partial charge in [-0.2, -0.15) is 0 Å². The third kappa shape index (κ3) is 4.91. The summed E-state index contributed by atoms with van der Waals surface area (Å²) in [6.45, 7) is 4.00. The van der Waals surface area contributed by atoms with Gasteiger partial charge in [-0.25, -0.2) is 9.18 Å². The number of Topliss-reactive ketones (excluding diaryl/α,β-unsaturated/α-hetero) is 1. The molecule has 0 unspecified atom stereocenters. The van der Waals surface area contributed by atoms with Crippen molar-refractivity contribution in [3.63, 3.8) is 0 Å². The molecule has 1 N–H and O–H groups in total. The normalized spacial score (nSPS) is 19.6. The molecular formula is C28H29BrFNO5. The molecule has 6 nitrogen and oxygen atoms in total. The van der Waals surface area contributed by atoms with Gasteiger partial charge in [0.25, 0.3) is 0 Å². The molecule has 1 aliphatic heterocycles. The van der Waals surface area contributed by atoms with Gasteiger partial charge in [0, 0.05) is 29.3 Å². The third-order valence-corrected chi connectivity index (χ3v) is 7.25. The molecular weight excluding hydrogens is 529 g/mol. The van der Waals surface area contributed by atoms with Gasteiger partial charge in [0.15, 0.2) is 17.3 Å². The zero-order valence-electron chi connectivity index (χ0n) is 20.7. The van der Waals surface area contributed by atoms with E-state index in [1.807, 2.05) is 32.0 Å². The Balaban J connectivity index is 1.78. The summed E-state index contributed by atoms with van der Waals surface area (Å²) in [4.78, 5) is 26.8. The Morgan fingerprint density at radius 1 is 1.08 bits per heavy atom. The van der Waals surface area contributed by atoms with E-state index < -0.39 is 17.7 Å². The van der Waals surface area contributed by atoms with Crippen molar-refractivity contribution in [3.05, 3.63) is 80.4 Å². The van der Waals surface area contributed by atoms with Gasteiger partial charge in [0.1, 0.15) is 5.82 Å². The lowest BCUT2D eigenvalue weighted by Gasteiger charge is -2.37. The minimum atomic E-state index is -0.652. The van der Waals surface area contributed by atoms with E-state index >= 15 is 0 Å². The molecule has 0 radical (unpaired) electrons. The van der Waals surface area contributed by atoms with Crippen molar-refractivity contribution >= 4 is 27.7 Å². The van der Waals surface area contributed by atoms with Crippen LogP contribution in [-0.4, -0.2) is 32.6 Å². The number of esters is 1. The van der Waals surface area contributed by atoms with Crippen LogP contribution >= 0.6 is 15.9 Å². The van der Waals surface area contributed by atoms with E-state index in [9.17, 15) is 14.0 Å².